The van der Waals surface area contributed by atoms with Crippen LogP contribution in [0, 0.1) is 0 Å². The van der Waals surface area contributed by atoms with Gasteiger partial charge in [-0.2, -0.15) is 0 Å². The van der Waals surface area contributed by atoms with Gasteiger partial charge in [0, 0.05) is 6.42 Å². The smallest absolute Gasteiger partial charge is 0.268 e. The zero-order valence-electron chi connectivity index (χ0n) is 46.5. The Kier molecular flexibility index (Phi) is 50.7. The number of phosphoric ester groups is 1. The lowest BCUT2D eigenvalue weighted by molar-refractivity contribution is -0.870. The van der Waals surface area contributed by atoms with Crippen molar-refractivity contribution < 1.29 is 32.9 Å². The molecule has 8 nitrogen and oxygen atoms in total. The lowest BCUT2D eigenvalue weighted by Crippen LogP contribution is -2.45. The number of hydrogen-bond acceptors (Lipinski definition) is 6. The van der Waals surface area contributed by atoms with Gasteiger partial charge in [-0.15, -0.1) is 0 Å². The molecule has 3 atom stereocenters. The van der Waals surface area contributed by atoms with E-state index in [0.29, 0.717) is 17.4 Å². The third-order valence-electron chi connectivity index (χ3n) is 13.6. The Morgan fingerprint density at radius 3 is 1.17 bits per heavy atom. The maximum atomic E-state index is 13.0. The largest absolute Gasteiger partial charge is 0.756 e. The fourth-order valence-corrected chi connectivity index (χ4v) is 9.62. The van der Waals surface area contributed by atoms with E-state index >= 15 is 0 Å². The Bertz CT molecular complexity index is 1220. The van der Waals surface area contributed by atoms with Crippen molar-refractivity contribution in [2.75, 3.05) is 40.9 Å². The number of quaternary nitrogens is 1. The molecule has 9 heteroatoms. The van der Waals surface area contributed by atoms with E-state index in [1.807, 2.05) is 27.2 Å². The summed E-state index contributed by atoms with van der Waals surface area (Å²) >= 11 is 0. The first-order valence-electron chi connectivity index (χ1n) is 29.9. The molecular formula is C60H117N2O6P. The number of amides is 1. The van der Waals surface area contributed by atoms with Crippen molar-refractivity contribution in [2.45, 2.75) is 302 Å². The minimum Gasteiger partial charge on any atom is -0.756 e. The summed E-state index contributed by atoms with van der Waals surface area (Å²) in [6, 6.07) is -0.908. The van der Waals surface area contributed by atoms with Gasteiger partial charge in [-0.3, -0.25) is 9.36 Å². The van der Waals surface area contributed by atoms with E-state index in [4.69, 9.17) is 9.05 Å². The predicted molar refractivity (Wildman–Crippen MR) is 298 cm³/mol. The van der Waals surface area contributed by atoms with Gasteiger partial charge in [-0.1, -0.05) is 275 Å². The molecule has 0 aliphatic carbocycles. The van der Waals surface area contributed by atoms with E-state index in [9.17, 15) is 19.4 Å². The van der Waals surface area contributed by atoms with Crippen LogP contribution in [0.15, 0.2) is 36.5 Å². The summed E-state index contributed by atoms with van der Waals surface area (Å²) in [7, 11) is 1.25. The van der Waals surface area contributed by atoms with Gasteiger partial charge in [-0.25, -0.2) is 0 Å². The zero-order valence-corrected chi connectivity index (χ0v) is 47.4. The molecule has 0 aromatic rings. The van der Waals surface area contributed by atoms with Crippen molar-refractivity contribution in [3.63, 3.8) is 0 Å². The number of likely N-dealkylation sites (N-methyl/N-ethyl adjacent to an activating group) is 1. The van der Waals surface area contributed by atoms with Crippen LogP contribution in [-0.2, 0) is 18.4 Å². The number of nitrogens with zero attached hydrogens (tertiary/aromatic N) is 1. The summed E-state index contributed by atoms with van der Waals surface area (Å²) in [5, 5.41) is 13.9. The Balaban J connectivity index is 4.23. The van der Waals surface area contributed by atoms with Gasteiger partial charge >= 0.3 is 0 Å². The van der Waals surface area contributed by atoms with Crippen LogP contribution in [0.25, 0.3) is 0 Å². The maximum absolute atomic E-state index is 13.0. The van der Waals surface area contributed by atoms with Gasteiger partial charge in [0.15, 0.2) is 0 Å². The van der Waals surface area contributed by atoms with E-state index in [-0.39, 0.29) is 12.5 Å². The van der Waals surface area contributed by atoms with Crippen LogP contribution in [0.4, 0.5) is 0 Å². The van der Waals surface area contributed by atoms with E-state index in [2.05, 4.69) is 43.5 Å². The van der Waals surface area contributed by atoms with Crippen LogP contribution in [0.3, 0.4) is 0 Å². The van der Waals surface area contributed by atoms with Crippen LogP contribution in [0.5, 0.6) is 0 Å². The lowest BCUT2D eigenvalue weighted by Gasteiger charge is -2.29. The Morgan fingerprint density at radius 1 is 0.493 bits per heavy atom. The molecule has 0 aliphatic heterocycles. The van der Waals surface area contributed by atoms with Gasteiger partial charge in [0.2, 0.25) is 5.91 Å². The molecule has 0 fully saturated rings. The number of carbonyl (C=O) groups is 1. The highest BCUT2D eigenvalue weighted by atomic mass is 31.2. The molecule has 0 radical (unpaired) electrons. The molecule has 69 heavy (non-hydrogen) atoms. The predicted octanol–water partition coefficient (Wildman–Crippen LogP) is 17.5. The molecule has 2 N–H and O–H groups in total. The molecule has 408 valence electrons. The van der Waals surface area contributed by atoms with Crippen molar-refractivity contribution in [2.24, 2.45) is 0 Å². The SMILES string of the molecule is CCCCCCCCCCCCCCC/C=C/CC/C=C/CC/C=C/C(O)C(COP(=O)([O-])OCC[N+](C)(C)C)NC(=O)CCCCCCCCCCCCCCCCCCCCCCCCCC. The number of hydrogen-bond donors (Lipinski definition) is 2. The van der Waals surface area contributed by atoms with Gasteiger partial charge in [-0.05, 0) is 44.9 Å². The van der Waals surface area contributed by atoms with Crippen molar-refractivity contribution in [3.8, 4) is 0 Å². The number of aliphatic hydroxyl groups is 1. The lowest BCUT2D eigenvalue weighted by atomic mass is 10.0. The van der Waals surface area contributed by atoms with Gasteiger partial charge < -0.3 is 28.8 Å². The molecular weight excluding hydrogens is 876 g/mol. The van der Waals surface area contributed by atoms with Gasteiger partial charge in [0.1, 0.15) is 13.2 Å². The van der Waals surface area contributed by atoms with E-state index in [1.165, 1.54) is 225 Å². The molecule has 0 rings (SSSR count). The van der Waals surface area contributed by atoms with Crippen molar-refractivity contribution >= 4 is 13.7 Å². The summed E-state index contributed by atoms with van der Waals surface area (Å²) in [5.41, 5.74) is 0. The first-order valence-corrected chi connectivity index (χ1v) is 31.3. The third kappa shape index (κ3) is 54.3. The number of carbonyl (C=O) groups excluding carboxylic acids is 1. The molecule has 0 saturated carbocycles. The summed E-state index contributed by atoms with van der Waals surface area (Å²) in [4.78, 5) is 25.5. The highest BCUT2D eigenvalue weighted by Gasteiger charge is 2.23. The second kappa shape index (κ2) is 51.6. The average Bonchev–Trinajstić information content (AvgIpc) is 3.31. The van der Waals surface area contributed by atoms with Gasteiger partial charge in [0.05, 0.1) is 39.9 Å². The molecule has 3 unspecified atom stereocenters. The molecule has 0 aliphatic rings. The van der Waals surface area contributed by atoms with E-state index in [0.717, 1.165) is 44.9 Å². The minimum absolute atomic E-state index is 0.00730. The highest BCUT2D eigenvalue weighted by Crippen LogP contribution is 2.38. The fourth-order valence-electron chi connectivity index (χ4n) is 8.89. The standard InChI is InChI=1S/C60H117N2O6P/c1-6-8-10-12-14-16-18-20-22-24-26-28-30-32-34-36-38-40-42-44-46-48-50-52-54-60(64)61-58(57-68-69(65,66)67-56-55-62(3,4)5)59(63)53-51-49-47-45-43-41-39-37-35-33-31-29-27-25-23-21-19-17-15-13-11-9-7-2/h35,37,43,45,51,53,58-59,63H,6-34,36,38-42,44,46-50,52,54-57H2,1-5H3,(H-,61,64,65,66)/b37-35+,45-43+,53-51+. The summed E-state index contributed by atoms with van der Waals surface area (Å²) in [5.74, 6) is -0.206. The molecule has 0 bridgehead atoms. The Morgan fingerprint density at radius 2 is 0.812 bits per heavy atom. The Labute approximate surface area is 429 Å². The number of rotatable bonds is 55. The fraction of sp³-hybridized carbons (Fsp3) is 0.883. The van der Waals surface area contributed by atoms with Crippen LogP contribution >= 0.6 is 7.82 Å². The van der Waals surface area contributed by atoms with E-state index in [1.54, 1.807) is 6.08 Å². The van der Waals surface area contributed by atoms with Crippen molar-refractivity contribution in [3.05, 3.63) is 36.5 Å². The maximum Gasteiger partial charge on any atom is 0.268 e. The molecule has 1 amide bonds. The number of unbranched alkanes of at least 4 members (excludes halogenated alkanes) is 38. The summed E-state index contributed by atoms with van der Waals surface area (Å²) in [6.07, 6.45) is 66.6. The van der Waals surface area contributed by atoms with Crippen LogP contribution < -0.4 is 10.2 Å². The quantitative estimate of drug-likeness (QED) is 0.0272. The molecule has 0 aromatic carbocycles. The van der Waals surface area contributed by atoms with E-state index < -0.39 is 26.6 Å². The van der Waals surface area contributed by atoms with Crippen molar-refractivity contribution in [1.82, 2.24) is 5.32 Å². The Hall–Kier alpha value is -1.28. The van der Waals surface area contributed by atoms with Crippen LogP contribution in [-0.4, -0.2) is 68.5 Å². The third-order valence-corrected chi connectivity index (χ3v) is 14.5. The second-order valence-electron chi connectivity index (χ2n) is 21.7. The first-order chi connectivity index (χ1) is 33.5. The number of aliphatic hydroxyl groups excluding tert-OH is 1. The normalized spacial score (nSPS) is 14.1. The number of nitrogens with one attached hydrogen (secondary N) is 1. The molecule has 0 aromatic heterocycles. The van der Waals surface area contributed by atoms with Crippen LogP contribution in [0.1, 0.15) is 290 Å². The average molecular weight is 994 g/mol. The van der Waals surface area contributed by atoms with Crippen LogP contribution in [0.2, 0.25) is 0 Å². The molecule has 0 saturated heterocycles. The highest BCUT2D eigenvalue weighted by molar-refractivity contribution is 7.45. The summed E-state index contributed by atoms with van der Waals surface area (Å²) in [6.45, 7) is 4.66. The minimum atomic E-state index is -4.61. The van der Waals surface area contributed by atoms with Crippen molar-refractivity contribution in [1.29, 1.82) is 0 Å². The zero-order chi connectivity index (χ0) is 50.6. The number of phosphoric acid groups is 1. The van der Waals surface area contributed by atoms with Gasteiger partial charge in [0.25, 0.3) is 7.82 Å². The molecule has 0 spiro atoms. The summed E-state index contributed by atoms with van der Waals surface area (Å²) < 4.78 is 23.3. The first kappa shape index (κ1) is 67.7. The number of allylic oxidation sites excluding steroid dienone is 5. The molecule has 0 heterocycles. The topological polar surface area (TPSA) is 108 Å². The monoisotopic (exact) mass is 993 g/mol. The second-order valence-corrected chi connectivity index (χ2v) is 23.1.